The standard InChI is InChI=1S/C21H21N3O2/c1-14-11-18(17-6-3-16(4-7-17)5-8-20(25)26)13-19(12-14)24-21-22-10-9-15(2)23-21/h3-4,6-7,9-13H,5,8H2,1-2H3,(H,25,26)(H,22,23,24). The van der Waals surface area contributed by atoms with Gasteiger partial charge in [0.05, 0.1) is 0 Å². The van der Waals surface area contributed by atoms with Crippen molar-refractivity contribution in [1.29, 1.82) is 0 Å². The van der Waals surface area contributed by atoms with E-state index >= 15 is 0 Å². The number of aryl methyl sites for hydroxylation is 3. The van der Waals surface area contributed by atoms with Crippen LogP contribution in [0.1, 0.15) is 23.2 Å². The van der Waals surface area contributed by atoms with E-state index in [1.54, 1.807) is 6.20 Å². The first kappa shape index (κ1) is 17.6. The van der Waals surface area contributed by atoms with Crippen molar-refractivity contribution in [2.24, 2.45) is 0 Å². The topological polar surface area (TPSA) is 75.1 Å². The molecule has 2 aromatic carbocycles. The molecule has 3 rings (SSSR count). The Morgan fingerprint density at radius 2 is 1.81 bits per heavy atom. The van der Waals surface area contributed by atoms with Gasteiger partial charge in [-0.05, 0) is 60.7 Å². The molecule has 2 N–H and O–H groups in total. The number of anilines is 2. The van der Waals surface area contributed by atoms with Gasteiger partial charge in [0.25, 0.3) is 0 Å². The van der Waals surface area contributed by atoms with Crippen LogP contribution >= 0.6 is 0 Å². The Morgan fingerprint density at radius 3 is 2.50 bits per heavy atom. The zero-order valence-corrected chi connectivity index (χ0v) is 14.9. The molecule has 0 bridgehead atoms. The molecule has 0 atom stereocenters. The summed E-state index contributed by atoms with van der Waals surface area (Å²) in [5.41, 5.74) is 6.17. The molecular weight excluding hydrogens is 326 g/mol. The van der Waals surface area contributed by atoms with Crippen LogP contribution in [-0.2, 0) is 11.2 Å². The lowest BCUT2D eigenvalue weighted by Gasteiger charge is -2.10. The van der Waals surface area contributed by atoms with Gasteiger partial charge in [0.1, 0.15) is 0 Å². The predicted octanol–water partition coefficient (Wildman–Crippen LogP) is 4.52. The minimum absolute atomic E-state index is 0.147. The first-order chi connectivity index (χ1) is 12.5. The van der Waals surface area contributed by atoms with Crippen LogP contribution < -0.4 is 5.32 Å². The van der Waals surface area contributed by atoms with Crippen molar-refractivity contribution in [2.45, 2.75) is 26.7 Å². The van der Waals surface area contributed by atoms with Gasteiger partial charge < -0.3 is 10.4 Å². The van der Waals surface area contributed by atoms with Crippen LogP contribution in [0.15, 0.2) is 54.7 Å². The number of aliphatic carboxylic acids is 1. The minimum Gasteiger partial charge on any atom is -0.481 e. The molecule has 5 nitrogen and oxygen atoms in total. The molecule has 0 unspecified atom stereocenters. The second-order valence-electron chi connectivity index (χ2n) is 6.33. The lowest BCUT2D eigenvalue weighted by atomic mass is 10.00. The highest BCUT2D eigenvalue weighted by Gasteiger charge is 2.05. The molecule has 0 spiro atoms. The summed E-state index contributed by atoms with van der Waals surface area (Å²) in [6.45, 7) is 3.98. The summed E-state index contributed by atoms with van der Waals surface area (Å²) in [7, 11) is 0. The Kier molecular flexibility index (Phi) is 5.27. The monoisotopic (exact) mass is 347 g/mol. The molecule has 5 heteroatoms. The zero-order chi connectivity index (χ0) is 18.5. The molecule has 0 fully saturated rings. The van der Waals surface area contributed by atoms with E-state index in [-0.39, 0.29) is 6.42 Å². The zero-order valence-electron chi connectivity index (χ0n) is 14.9. The van der Waals surface area contributed by atoms with Crippen LogP contribution in [0.2, 0.25) is 0 Å². The smallest absolute Gasteiger partial charge is 0.303 e. The van der Waals surface area contributed by atoms with Crippen molar-refractivity contribution in [1.82, 2.24) is 9.97 Å². The highest BCUT2D eigenvalue weighted by atomic mass is 16.4. The second kappa shape index (κ2) is 7.78. The fourth-order valence-electron chi connectivity index (χ4n) is 2.78. The van der Waals surface area contributed by atoms with Gasteiger partial charge in [0.15, 0.2) is 0 Å². The third-order valence-electron chi connectivity index (χ3n) is 4.04. The third kappa shape index (κ3) is 4.66. The molecule has 1 aromatic heterocycles. The summed E-state index contributed by atoms with van der Waals surface area (Å²) in [6.07, 6.45) is 2.42. The number of hydrogen-bond acceptors (Lipinski definition) is 4. The quantitative estimate of drug-likeness (QED) is 0.685. The van der Waals surface area contributed by atoms with Crippen LogP contribution in [-0.4, -0.2) is 21.0 Å². The second-order valence-corrected chi connectivity index (χ2v) is 6.33. The van der Waals surface area contributed by atoms with Gasteiger partial charge in [-0.1, -0.05) is 30.3 Å². The van der Waals surface area contributed by atoms with E-state index in [4.69, 9.17) is 5.11 Å². The summed E-state index contributed by atoms with van der Waals surface area (Å²) < 4.78 is 0. The molecule has 0 saturated carbocycles. The Morgan fingerprint density at radius 1 is 1.04 bits per heavy atom. The summed E-state index contributed by atoms with van der Waals surface area (Å²) in [5.74, 6) is -0.201. The highest BCUT2D eigenvalue weighted by molar-refractivity contribution is 5.71. The number of nitrogens with zero attached hydrogens (tertiary/aromatic N) is 2. The summed E-state index contributed by atoms with van der Waals surface area (Å²) in [5, 5.41) is 12.0. The van der Waals surface area contributed by atoms with Crippen LogP contribution in [0, 0.1) is 13.8 Å². The number of aromatic nitrogens is 2. The van der Waals surface area contributed by atoms with Crippen molar-refractivity contribution in [3.05, 3.63) is 71.5 Å². The third-order valence-corrected chi connectivity index (χ3v) is 4.04. The molecule has 0 aliphatic rings. The van der Waals surface area contributed by atoms with Gasteiger partial charge >= 0.3 is 5.97 Å². The summed E-state index contributed by atoms with van der Waals surface area (Å²) in [6, 6.07) is 16.1. The van der Waals surface area contributed by atoms with E-state index in [0.717, 1.165) is 33.6 Å². The number of carboxylic acids is 1. The SMILES string of the molecule is Cc1cc(Nc2nccc(C)n2)cc(-c2ccc(CCC(=O)O)cc2)c1. The van der Waals surface area contributed by atoms with E-state index in [0.29, 0.717) is 12.4 Å². The van der Waals surface area contributed by atoms with Crippen LogP contribution in [0.5, 0.6) is 0 Å². The number of benzene rings is 2. The number of nitrogens with one attached hydrogen (secondary N) is 1. The molecule has 132 valence electrons. The van der Waals surface area contributed by atoms with Crippen molar-refractivity contribution < 1.29 is 9.90 Å². The van der Waals surface area contributed by atoms with E-state index in [1.165, 1.54) is 0 Å². The first-order valence-electron chi connectivity index (χ1n) is 8.49. The number of hydrogen-bond donors (Lipinski definition) is 2. The molecule has 3 aromatic rings. The van der Waals surface area contributed by atoms with Gasteiger partial charge in [-0.3, -0.25) is 4.79 Å². The number of carbonyl (C=O) groups is 1. The van der Waals surface area contributed by atoms with E-state index in [2.05, 4.69) is 33.5 Å². The predicted molar refractivity (Wildman–Crippen MR) is 103 cm³/mol. The summed E-state index contributed by atoms with van der Waals surface area (Å²) in [4.78, 5) is 19.3. The number of rotatable bonds is 6. The Labute approximate surface area is 152 Å². The largest absolute Gasteiger partial charge is 0.481 e. The van der Waals surface area contributed by atoms with E-state index in [9.17, 15) is 4.79 Å². The molecule has 0 saturated heterocycles. The van der Waals surface area contributed by atoms with Gasteiger partial charge in [0, 0.05) is 24.0 Å². The average Bonchev–Trinajstić information content (AvgIpc) is 2.60. The van der Waals surface area contributed by atoms with Crippen molar-refractivity contribution in [3.63, 3.8) is 0 Å². The van der Waals surface area contributed by atoms with E-state index in [1.807, 2.05) is 44.2 Å². The Balaban J connectivity index is 1.82. The molecule has 1 heterocycles. The summed E-state index contributed by atoms with van der Waals surface area (Å²) >= 11 is 0. The fraction of sp³-hybridized carbons (Fsp3) is 0.190. The fourth-order valence-corrected chi connectivity index (χ4v) is 2.78. The maximum atomic E-state index is 10.7. The highest BCUT2D eigenvalue weighted by Crippen LogP contribution is 2.26. The molecule has 0 aliphatic carbocycles. The maximum Gasteiger partial charge on any atom is 0.303 e. The van der Waals surface area contributed by atoms with Crippen LogP contribution in [0.25, 0.3) is 11.1 Å². The molecule has 0 amide bonds. The lowest BCUT2D eigenvalue weighted by molar-refractivity contribution is -0.136. The van der Waals surface area contributed by atoms with Crippen molar-refractivity contribution in [3.8, 4) is 11.1 Å². The van der Waals surface area contributed by atoms with Gasteiger partial charge in [-0.25, -0.2) is 9.97 Å². The number of carboxylic acid groups (broad SMARTS) is 1. The van der Waals surface area contributed by atoms with Crippen molar-refractivity contribution in [2.75, 3.05) is 5.32 Å². The molecular formula is C21H21N3O2. The minimum atomic E-state index is -0.776. The maximum absolute atomic E-state index is 10.7. The molecule has 26 heavy (non-hydrogen) atoms. The molecule has 0 radical (unpaired) electrons. The van der Waals surface area contributed by atoms with Crippen molar-refractivity contribution >= 4 is 17.6 Å². The normalized spacial score (nSPS) is 10.5. The Bertz CT molecular complexity index is 921. The average molecular weight is 347 g/mol. The van der Waals surface area contributed by atoms with Gasteiger partial charge in [0.2, 0.25) is 5.95 Å². The lowest BCUT2D eigenvalue weighted by Crippen LogP contribution is -1.98. The first-order valence-corrected chi connectivity index (χ1v) is 8.49. The van der Waals surface area contributed by atoms with Crippen LogP contribution in [0.3, 0.4) is 0 Å². The van der Waals surface area contributed by atoms with E-state index < -0.39 is 5.97 Å². The molecule has 0 aliphatic heterocycles. The Hall–Kier alpha value is -3.21. The van der Waals surface area contributed by atoms with Crippen LogP contribution in [0.4, 0.5) is 11.6 Å². The van der Waals surface area contributed by atoms with Gasteiger partial charge in [-0.2, -0.15) is 0 Å². The van der Waals surface area contributed by atoms with Gasteiger partial charge in [-0.15, -0.1) is 0 Å².